The van der Waals surface area contributed by atoms with E-state index < -0.39 is 11.6 Å². The third-order valence-corrected chi connectivity index (χ3v) is 11.0. The maximum Gasteiger partial charge on any atom is 0.303 e. The van der Waals surface area contributed by atoms with Crippen molar-refractivity contribution in [3.8, 4) is 0 Å². The van der Waals surface area contributed by atoms with Crippen molar-refractivity contribution in [3.63, 3.8) is 0 Å². The van der Waals surface area contributed by atoms with Gasteiger partial charge in [-0.25, -0.2) is 0 Å². The van der Waals surface area contributed by atoms with Crippen LogP contribution in [0.2, 0.25) is 0 Å². The molecule has 4 rings (SSSR count). The van der Waals surface area contributed by atoms with Crippen molar-refractivity contribution in [2.45, 2.75) is 110 Å². The zero-order valence-electron chi connectivity index (χ0n) is 19.6. The summed E-state index contributed by atoms with van der Waals surface area (Å²) in [4.78, 5) is 11.1. The first-order valence-corrected chi connectivity index (χ1v) is 12.7. The maximum atomic E-state index is 12.0. The van der Waals surface area contributed by atoms with Crippen LogP contribution in [0.15, 0.2) is 0 Å². The fraction of sp³-hybridized carbons (Fsp3) is 0.962. The van der Waals surface area contributed by atoms with Gasteiger partial charge in [-0.05, 0) is 111 Å². The van der Waals surface area contributed by atoms with Crippen molar-refractivity contribution in [3.05, 3.63) is 0 Å². The van der Waals surface area contributed by atoms with Crippen molar-refractivity contribution in [2.24, 2.45) is 46.3 Å². The van der Waals surface area contributed by atoms with Gasteiger partial charge in [0, 0.05) is 6.42 Å². The van der Waals surface area contributed by atoms with Gasteiger partial charge in [-0.1, -0.05) is 27.7 Å². The summed E-state index contributed by atoms with van der Waals surface area (Å²) < 4.78 is 0. The van der Waals surface area contributed by atoms with Gasteiger partial charge in [0.2, 0.25) is 0 Å². The van der Waals surface area contributed by atoms with Crippen LogP contribution in [0.3, 0.4) is 0 Å². The van der Waals surface area contributed by atoms with Crippen LogP contribution in [0.4, 0.5) is 0 Å². The minimum Gasteiger partial charge on any atom is -0.481 e. The number of rotatable bonds is 5. The number of fused-ring (bicyclic) bond motifs is 5. The molecule has 3 N–H and O–H groups in total. The van der Waals surface area contributed by atoms with Gasteiger partial charge in [-0.3, -0.25) is 4.79 Å². The van der Waals surface area contributed by atoms with E-state index in [-0.39, 0.29) is 23.4 Å². The van der Waals surface area contributed by atoms with Crippen LogP contribution >= 0.6 is 0 Å². The highest BCUT2D eigenvalue weighted by atomic mass is 16.4. The Morgan fingerprint density at radius 2 is 1.73 bits per heavy atom. The van der Waals surface area contributed by atoms with E-state index in [0.717, 1.165) is 38.5 Å². The Morgan fingerprint density at radius 3 is 2.40 bits per heavy atom. The standard InChI is InChI=1S/C26H44O4/c1-5-26(30)15-17-14-18(27)10-12-24(17,3)21-11-13-25(4)19(7-8-20(25)23(21)26)16(2)6-9-22(28)29/h16-21,23,27,30H,5-15H2,1-4H3,(H,28,29)/t16-,17?,18?,19+,20+,21+,23+,24+,25-,26?/m1/s1. The Kier molecular flexibility index (Phi) is 5.84. The zero-order chi connectivity index (χ0) is 21.9. The summed E-state index contributed by atoms with van der Waals surface area (Å²) in [6.45, 7) is 9.37. The summed E-state index contributed by atoms with van der Waals surface area (Å²) in [6.07, 6.45) is 10.1. The quantitative estimate of drug-likeness (QED) is 0.567. The predicted octanol–water partition coefficient (Wildman–Crippen LogP) is 5.26. The lowest BCUT2D eigenvalue weighted by molar-refractivity contribution is -0.220. The van der Waals surface area contributed by atoms with Crippen molar-refractivity contribution >= 4 is 5.97 Å². The van der Waals surface area contributed by atoms with Crippen molar-refractivity contribution in [1.82, 2.24) is 0 Å². The van der Waals surface area contributed by atoms with Crippen molar-refractivity contribution < 1.29 is 20.1 Å². The number of carboxylic acids is 1. The van der Waals surface area contributed by atoms with Crippen LogP contribution in [-0.4, -0.2) is 33.0 Å². The summed E-state index contributed by atoms with van der Waals surface area (Å²) in [7, 11) is 0. The van der Waals surface area contributed by atoms with E-state index in [0.29, 0.717) is 35.5 Å². The van der Waals surface area contributed by atoms with Gasteiger partial charge < -0.3 is 15.3 Å². The minimum atomic E-state index is -0.684. The van der Waals surface area contributed by atoms with Gasteiger partial charge in [0.05, 0.1) is 11.7 Å². The summed E-state index contributed by atoms with van der Waals surface area (Å²) in [5.41, 5.74) is -0.142. The largest absolute Gasteiger partial charge is 0.481 e. The monoisotopic (exact) mass is 420 g/mol. The third-order valence-electron chi connectivity index (χ3n) is 11.0. The fourth-order valence-electron chi connectivity index (χ4n) is 9.30. The fourth-order valence-corrected chi connectivity index (χ4v) is 9.30. The zero-order valence-corrected chi connectivity index (χ0v) is 19.6. The van der Waals surface area contributed by atoms with Crippen molar-refractivity contribution in [1.29, 1.82) is 0 Å². The van der Waals surface area contributed by atoms with Crippen LogP contribution in [0, 0.1) is 46.3 Å². The Morgan fingerprint density at radius 1 is 1.07 bits per heavy atom. The number of carboxylic acid groups (broad SMARTS) is 1. The lowest BCUT2D eigenvalue weighted by atomic mass is 9.41. The molecule has 30 heavy (non-hydrogen) atoms. The van der Waals surface area contributed by atoms with E-state index in [2.05, 4.69) is 27.7 Å². The van der Waals surface area contributed by atoms with E-state index in [4.69, 9.17) is 5.11 Å². The first kappa shape index (κ1) is 22.6. The molecule has 4 saturated carbocycles. The van der Waals surface area contributed by atoms with Gasteiger partial charge in [0.1, 0.15) is 0 Å². The van der Waals surface area contributed by atoms with Crippen LogP contribution in [0.25, 0.3) is 0 Å². The molecule has 4 aliphatic rings. The number of aliphatic hydroxyl groups is 2. The lowest BCUT2D eigenvalue weighted by Gasteiger charge is -2.65. The second kappa shape index (κ2) is 7.76. The van der Waals surface area contributed by atoms with Crippen LogP contribution in [0.5, 0.6) is 0 Å². The number of aliphatic hydroxyl groups excluding tert-OH is 1. The van der Waals surface area contributed by atoms with Gasteiger partial charge in [-0.15, -0.1) is 0 Å². The van der Waals surface area contributed by atoms with Gasteiger partial charge in [0.15, 0.2) is 0 Å². The molecule has 3 unspecified atom stereocenters. The molecule has 0 radical (unpaired) electrons. The second-order valence-corrected chi connectivity index (χ2v) is 12.2. The summed E-state index contributed by atoms with van der Waals surface area (Å²) in [5.74, 6) is 2.21. The van der Waals surface area contributed by atoms with Crippen LogP contribution in [0.1, 0.15) is 98.3 Å². The molecule has 0 aromatic heterocycles. The molecule has 0 aliphatic heterocycles. The molecular formula is C26H44O4. The second-order valence-electron chi connectivity index (χ2n) is 12.2. The van der Waals surface area contributed by atoms with Crippen LogP contribution in [-0.2, 0) is 4.79 Å². The van der Waals surface area contributed by atoms with Crippen molar-refractivity contribution in [2.75, 3.05) is 0 Å². The Balaban J connectivity index is 1.63. The van der Waals surface area contributed by atoms with E-state index in [9.17, 15) is 15.0 Å². The topological polar surface area (TPSA) is 77.8 Å². The molecule has 0 bridgehead atoms. The van der Waals surface area contributed by atoms with Crippen LogP contribution < -0.4 is 0 Å². The number of carbonyl (C=O) groups is 1. The Hall–Kier alpha value is -0.610. The SMILES string of the molecule is CCC1(O)CC2CC(O)CC[C@]2(C)[C@H]2CC[C@@]3(C)[C@@H](CC[C@H]3[C@H](C)CCC(=O)O)[C@@H]21. The lowest BCUT2D eigenvalue weighted by Crippen LogP contribution is -2.63. The minimum absolute atomic E-state index is 0.194. The molecule has 4 nitrogen and oxygen atoms in total. The number of hydrogen-bond acceptors (Lipinski definition) is 3. The van der Waals surface area contributed by atoms with E-state index >= 15 is 0 Å². The first-order valence-electron chi connectivity index (χ1n) is 12.7. The summed E-state index contributed by atoms with van der Waals surface area (Å²) >= 11 is 0. The average molecular weight is 421 g/mol. The molecule has 0 heterocycles. The molecule has 172 valence electrons. The Labute approximate surface area is 182 Å². The van der Waals surface area contributed by atoms with E-state index in [1.165, 1.54) is 25.7 Å². The molecule has 0 spiro atoms. The third kappa shape index (κ3) is 3.36. The molecule has 10 atom stereocenters. The highest BCUT2D eigenvalue weighted by Crippen LogP contribution is 2.70. The first-order chi connectivity index (χ1) is 14.0. The normalized spacial score (nSPS) is 51.5. The molecular weight excluding hydrogens is 376 g/mol. The smallest absolute Gasteiger partial charge is 0.303 e. The molecule has 4 fully saturated rings. The molecule has 0 aromatic carbocycles. The average Bonchev–Trinajstić information content (AvgIpc) is 3.04. The van der Waals surface area contributed by atoms with Gasteiger partial charge in [-0.2, -0.15) is 0 Å². The molecule has 4 heteroatoms. The molecule has 4 aliphatic carbocycles. The van der Waals surface area contributed by atoms with E-state index in [1.807, 2.05) is 0 Å². The summed E-state index contributed by atoms with van der Waals surface area (Å²) in [6, 6.07) is 0. The summed E-state index contributed by atoms with van der Waals surface area (Å²) in [5, 5.41) is 31.5. The van der Waals surface area contributed by atoms with Gasteiger partial charge in [0.25, 0.3) is 0 Å². The molecule has 0 aromatic rings. The predicted molar refractivity (Wildman–Crippen MR) is 118 cm³/mol. The molecule has 0 amide bonds. The highest BCUT2D eigenvalue weighted by molar-refractivity contribution is 5.66. The Bertz CT molecular complexity index is 663. The maximum absolute atomic E-state index is 12.0. The molecule has 0 saturated heterocycles. The highest BCUT2D eigenvalue weighted by Gasteiger charge is 2.66. The number of aliphatic carboxylic acids is 1. The van der Waals surface area contributed by atoms with Gasteiger partial charge >= 0.3 is 5.97 Å². The van der Waals surface area contributed by atoms with E-state index in [1.54, 1.807) is 0 Å². The number of hydrogen-bond donors (Lipinski definition) is 3.